The van der Waals surface area contributed by atoms with E-state index in [2.05, 4.69) is 46.7 Å². The van der Waals surface area contributed by atoms with E-state index in [0.717, 1.165) is 5.56 Å². The number of anilines is 2. The Hall–Kier alpha value is -2.04. The fourth-order valence-electron chi connectivity index (χ4n) is 1.42. The molecule has 5 nitrogen and oxygen atoms in total. The number of nitrogens with zero attached hydrogens (tertiary/aromatic N) is 2. The summed E-state index contributed by atoms with van der Waals surface area (Å²) in [6.45, 7) is 4.08. The third-order valence-corrected chi connectivity index (χ3v) is 2.36. The number of hydrogen-bond donors (Lipinski definition) is 2. The van der Waals surface area contributed by atoms with Gasteiger partial charge in [-0.25, -0.2) is 0 Å². The zero-order valence-corrected chi connectivity index (χ0v) is 9.27. The van der Waals surface area contributed by atoms with Gasteiger partial charge in [0.15, 0.2) is 0 Å². The Morgan fingerprint density at radius 3 is 2.50 bits per heavy atom. The van der Waals surface area contributed by atoms with Gasteiger partial charge in [0.25, 0.3) is 0 Å². The molecule has 1 heterocycles. The molecule has 0 amide bonds. The Morgan fingerprint density at radius 2 is 1.94 bits per heavy atom. The molecule has 5 heteroatoms. The lowest BCUT2D eigenvalue weighted by Crippen LogP contribution is -2.06. The molecule has 1 aromatic heterocycles. The van der Waals surface area contributed by atoms with Crippen molar-refractivity contribution in [3.8, 4) is 0 Å². The van der Waals surface area contributed by atoms with Crippen LogP contribution in [0.2, 0.25) is 0 Å². The van der Waals surface area contributed by atoms with Gasteiger partial charge >= 0.3 is 12.0 Å². The smallest absolute Gasteiger partial charge is 0.317 e. The van der Waals surface area contributed by atoms with Crippen LogP contribution in [0.15, 0.2) is 28.7 Å². The SMILES string of the molecule is Cc1ccc(C(C)Nc2nnc(N)o2)cc1. The van der Waals surface area contributed by atoms with Crippen LogP contribution in [0.5, 0.6) is 0 Å². The number of nitrogens with two attached hydrogens (primary N) is 1. The minimum Gasteiger partial charge on any atom is -0.390 e. The summed E-state index contributed by atoms with van der Waals surface area (Å²) in [4.78, 5) is 0. The maximum Gasteiger partial charge on any atom is 0.317 e. The molecule has 84 valence electrons. The molecule has 3 N–H and O–H groups in total. The first-order chi connectivity index (χ1) is 7.65. The highest BCUT2D eigenvalue weighted by molar-refractivity contribution is 5.31. The third-order valence-electron chi connectivity index (χ3n) is 2.36. The van der Waals surface area contributed by atoms with E-state index in [1.165, 1.54) is 5.56 Å². The molecule has 1 atom stereocenters. The molecule has 0 fully saturated rings. The summed E-state index contributed by atoms with van der Waals surface area (Å²) in [7, 11) is 0. The first kappa shape index (κ1) is 10.5. The molecule has 0 spiro atoms. The maximum atomic E-state index is 5.33. The number of aryl methyl sites for hydroxylation is 1. The molecule has 0 saturated heterocycles. The summed E-state index contributed by atoms with van der Waals surface area (Å²) < 4.78 is 5.04. The Morgan fingerprint density at radius 1 is 1.25 bits per heavy atom. The summed E-state index contributed by atoms with van der Waals surface area (Å²) in [6.07, 6.45) is 0. The average Bonchev–Trinajstić information content (AvgIpc) is 2.65. The molecule has 0 aliphatic carbocycles. The summed E-state index contributed by atoms with van der Waals surface area (Å²) in [5, 5.41) is 10.4. The predicted molar refractivity (Wildman–Crippen MR) is 61.9 cm³/mol. The van der Waals surface area contributed by atoms with Gasteiger partial charge in [-0.15, -0.1) is 0 Å². The van der Waals surface area contributed by atoms with Crippen LogP contribution >= 0.6 is 0 Å². The van der Waals surface area contributed by atoms with Crippen molar-refractivity contribution < 1.29 is 4.42 Å². The number of benzene rings is 1. The molecule has 16 heavy (non-hydrogen) atoms. The van der Waals surface area contributed by atoms with Crippen LogP contribution in [0, 0.1) is 6.92 Å². The molecule has 2 rings (SSSR count). The number of nitrogen functional groups attached to an aromatic ring is 1. The van der Waals surface area contributed by atoms with Gasteiger partial charge in [-0.05, 0) is 19.4 Å². The van der Waals surface area contributed by atoms with E-state index in [4.69, 9.17) is 10.2 Å². The quantitative estimate of drug-likeness (QED) is 0.825. The second kappa shape index (κ2) is 4.22. The van der Waals surface area contributed by atoms with E-state index in [1.54, 1.807) is 0 Å². The van der Waals surface area contributed by atoms with Gasteiger partial charge in [0.1, 0.15) is 0 Å². The van der Waals surface area contributed by atoms with Gasteiger partial charge in [0.05, 0.1) is 6.04 Å². The first-order valence-electron chi connectivity index (χ1n) is 5.07. The molecule has 2 aromatic rings. The highest BCUT2D eigenvalue weighted by Crippen LogP contribution is 2.18. The van der Waals surface area contributed by atoms with Crippen LogP contribution in [-0.2, 0) is 0 Å². The van der Waals surface area contributed by atoms with Crippen molar-refractivity contribution in [1.82, 2.24) is 10.2 Å². The van der Waals surface area contributed by atoms with Crippen molar-refractivity contribution in [2.75, 3.05) is 11.1 Å². The molecule has 1 unspecified atom stereocenters. The fraction of sp³-hybridized carbons (Fsp3) is 0.273. The van der Waals surface area contributed by atoms with Crippen LogP contribution in [0.1, 0.15) is 24.1 Å². The first-order valence-corrected chi connectivity index (χ1v) is 5.07. The van der Waals surface area contributed by atoms with E-state index < -0.39 is 0 Å². The van der Waals surface area contributed by atoms with E-state index in [9.17, 15) is 0 Å². The van der Waals surface area contributed by atoms with Crippen molar-refractivity contribution in [2.45, 2.75) is 19.9 Å². The lowest BCUT2D eigenvalue weighted by atomic mass is 10.1. The van der Waals surface area contributed by atoms with Crippen molar-refractivity contribution in [3.63, 3.8) is 0 Å². The number of rotatable bonds is 3. The minimum absolute atomic E-state index is 0.0682. The Bertz CT molecular complexity index is 463. The van der Waals surface area contributed by atoms with Gasteiger partial charge in [-0.1, -0.05) is 40.0 Å². The molecule has 0 saturated carbocycles. The van der Waals surface area contributed by atoms with Crippen molar-refractivity contribution >= 4 is 12.0 Å². The molecule has 1 aromatic carbocycles. The number of nitrogens with one attached hydrogen (secondary N) is 1. The molecule has 0 bridgehead atoms. The minimum atomic E-state index is 0.0682. The average molecular weight is 218 g/mol. The highest BCUT2D eigenvalue weighted by Gasteiger charge is 2.08. The van der Waals surface area contributed by atoms with E-state index >= 15 is 0 Å². The van der Waals surface area contributed by atoms with E-state index in [-0.39, 0.29) is 12.1 Å². The number of hydrogen-bond acceptors (Lipinski definition) is 5. The van der Waals surface area contributed by atoms with Gasteiger partial charge in [0.2, 0.25) is 0 Å². The molecule has 0 aliphatic rings. The Kier molecular flexibility index (Phi) is 2.76. The lowest BCUT2D eigenvalue weighted by molar-refractivity contribution is 0.578. The summed E-state index contributed by atoms with van der Waals surface area (Å²) in [6, 6.07) is 8.76. The van der Waals surface area contributed by atoms with Gasteiger partial charge in [-0.3, -0.25) is 0 Å². The monoisotopic (exact) mass is 218 g/mol. The largest absolute Gasteiger partial charge is 0.390 e. The molecule has 0 aliphatic heterocycles. The van der Waals surface area contributed by atoms with Crippen molar-refractivity contribution in [3.05, 3.63) is 35.4 Å². The number of aromatic nitrogens is 2. The third kappa shape index (κ3) is 2.31. The van der Waals surface area contributed by atoms with Crippen LogP contribution in [0.4, 0.5) is 12.0 Å². The Labute approximate surface area is 93.7 Å². The van der Waals surface area contributed by atoms with E-state index in [0.29, 0.717) is 6.01 Å². The summed E-state index contributed by atoms with van der Waals surface area (Å²) >= 11 is 0. The highest BCUT2D eigenvalue weighted by atomic mass is 16.4. The van der Waals surface area contributed by atoms with Crippen LogP contribution < -0.4 is 11.1 Å². The van der Waals surface area contributed by atoms with E-state index in [1.807, 2.05) is 6.92 Å². The Balaban J connectivity index is 2.08. The molecular formula is C11H14N4O. The van der Waals surface area contributed by atoms with Crippen LogP contribution in [0.3, 0.4) is 0 Å². The second-order valence-corrected chi connectivity index (χ2v) is 3.72. The predicted octanol–water partition coefficient (Wildman–Crippen LogP) is 2.13. The van der Waals surface area contributed by atoms with Gasteiger partial charge in [0, 0.05) is 0 Å². The van der Waals surface area contributed by atoms with Crippen LogP contribution in [0.25, 0.3) is 0 Å². The molecular weight excluding hydrogens is 204 g/mol. The standard InChI is InChI=1S/C11H14N4O/c1-7-3-5-9(6-4-7)8(2)13-11-15-14-10(12)16-11/h3-6,8H,1-2H3,(H2,12,14)(H,13,15). The summed E-state index contributed by atoms with van der Waals surface area (Å²) in [5.41, 5.74) is 7.72. The van der Waals surface area contributed by atoms with Crippen molar-refractivity contribution in [1.29, 1.82) is 0 Å². The molecule has 0 radical (unpaired) electrons. The van der Waals surface area contributed by atoms with Gasteiger partial charge in [-0.2, -0.15) is 0 Å². The topological polar surface area (TPSA) is 77.0 Å². The zero-order chi connectivity index (χ0) is 11.5. The van der Waals surface area contributed by atoms with Gasteiger partial charge < -0.3 is 15.5 Å². The second-order valence-electron chi connectivity index (χ2n) is 3.72. The summed E-state index contributed by atoms with van der Waals surface area (Å²) in [5.74, 6) is 0. The normalized spacial score (nSPS) is 12.4. The lowest BCUT2D eigenvalue weighted by Gasteiger charge is -2.12. The maximum absolute atomic E-state index is 5.33. The zero-order valence-electron chi connectivity index (χ0n) is 9.27. The fourth-order valence-corrected chi connectivity index (χ4v) is 1.42. The van der Waals surface area contributed by atoms with Crippen molar-refractivity contribution in [2.24, 2.45) is 0 Å². The van der Waals surface area contributed by atoms with Crippen LogP contribution in [-0.4, -0.2) is 10.2 Å².